The summed E-state index contributed by atoms with van der Waals surface area (Å²) in [6.45, 7) is 0.472. The summed E-state index contributed by atoms with van der Waals surface area (Å²) in [5.41, 5.74) is 1.45. The molecule has 0 spiro atoms. The zero-order chi connectivity index (χ0) is 18.0. The Morgan fingerprint density at radius 2 is 1.96 bits per heavy atom. The predicted octanol–water partition coefficient (Wildman–Crippen LogP) is 4.92. The molecular weight excluding hydrogens is 406 g/mol. The standard InChI is InChI=1S/C19H19BrClNO3/c1-24-15-7-3-12(18(10-15)25-2)11-22(14-5-6-14)19(23)16-9-13(20)4-8-17(16)21/h3-4,7-10,14H,5-6,11H2,1-2H3. The number of benzene rings is 2. The number of amides is 1. The molecule has 6 heteroatoms. The quantitative estimate of drug-likeness (QED) is 0.660. The van der Waals surface area contributed by atoms with Crippen LogP contribution in [0.3, 0.4) is 0 Å². The van der Waals surface area contributed by atoms with Crippen LogP contribution in [0.2, 0.25) is 5.02 Å². The van der Waals surface area contributed by atoms with E-state index in [1.165, 1.54) is 0 Å². The molecule has 132 valence electrons. The molecule has 0 aliphatic heterocycles. The monoisotopic (exact) mass is 423 g/mol. The lowest BCUT2D eigenvalue weighted by molar-refractivity contribution is 0.0729. The van der Waals surface area contributed by atoms with Crippen molar-refractivity contribution in [3.8, 4) is 11.5 Å². The zero-order valence-corrected chi connectivity index (χ0v) is 16.4. The van der Waals surface area contributed by atoms with Crippen LogP contribution in [0.15, 0.2) is 40.9 Å². The van der Waals surface area contributed by atoms with E-state index in [1.807, 2.05) is 29.2 Å². The summed E-state index contributed by atoms with van der Waals surface area (Å²) in [5, 5.41) is 0.459. The molecular formula is C19H19BrClNO3. The Bertz CT molecular complexity index is 792. The van der Waals surface area contributed by atoms with Crippen molar-refractivity contribution in [1.82, 2.24) is 4.90 Å². The third kappa shape index (κ3) is 4.10. The second-order valence-electron chi connectivity index (χ2n) is 5.97. The van der Waals surface area contributed by atoms with Gasteiger partial charge in [-0.3, -0.25) is 4.79 Å². The molecule has 25 heavy (non-hydrogen) atoms. The van der Waals surface area contributed by atoms with Crippen molar-refractivity contribution in [2.45, 2.75) is 25.4 Å². The molecule has 3 rings (SSSR count). The maximum Gasteiger partial charge on any atom is 0.255 e. The number of methoxy groups -OCH3 is 2. The normalized spacial score (nSPS) is 13.4. The van der Waals surface area contributed by atoms with E-state index >= 15 is 0 Å². The molecule has 4 nitrogen and oxygen atoms in total. The molecule has 0 unspecified atom stereocenters. The second kappa shape index (κ2) is 7.67. The van der Waals surface area contributed by atoms with Crippen molar-refractivity contribution in [3.63, 3.8) is 0 Å². The van der Waals surface area contributed by atoms with Crippen LogP contribution < -0.4 is 9.47 Å². The van der Waals surface area contributed by atoms with E-state index in [0.717, 1.165) is 28.6 Å². The Morgan fingerprint density at radius 1 is 1.20 bits per heavy atom. The fraction of sp³-hybridized carbons (Fsp3) is 0.316. The van der Waals surface area contributed by atoms with E-state index in [0.29, 0.717) is 22.9 Å². The smallest absolute Gasteiger partial charge is 0.255 e. The predicted molar refractivity (Wildman–Crippen MR) is 102 cm³/mol. The molecule has 0 heterocycles. The molecule has 1 amide bonds. The zero-order valence-electron chi connectivity index (χ0n) is 14.1. The van der Waals surface area contributed by atoms with Gasteiger partial charge in [0.15, 0.2) is 0 Å². The summed E-state index contributed by atoms with van der Waals surface area (Å²) in [6.07, 6.45) is 2.02. The van der Waals surface area contributed by atoms with Gasteiger partial charge in [0.1, 0.15) is 11.5 Å². The van der Waals surface area contributed by atoms with E-state index in [2.05, 4.69) is 15.9 Å². The largest absolute Gasteiger partial charge is 0.497 e. The van der Waals surface area contributed by atoms with Crippen LogP contribution in [0.25, 0.3) is 0 Å². The number of nitrogens with zero attached hydrogens (tertiary/aromatic N) is 1. The Hall–Kier alpha value is -1.72. The van der Waals surface area contributed by atoms with Gasteiger partial charge in [0.05, 0.1) is 24.8 Å². The minimum atomic E-state index is -0.0633. The summed E-state index contributed by atoms with van der Waals surface area (Å²) >= 11 is 9.66. The number of rotatable bonds is 6. The minimum absolute atomic E-state index is 0.0633. The third-order valence-corrected chi connectivity index (χ3v) is 5.07. The van der Waals surface area contributed by atoms with E-state index in [1.54, 1.807) is 26.4 Å². The van der Waals surface area contributed by atoms with Crippen molar-refractivity contribution in [2.75, 3.05) is 14.2 Å². The van der Waals surface area contributed by atoms with Crippen molar-refractivity contribution in [1.29, 1.82) is 0 Å². The fourth-order valence-electron chi connectivity index (χ4n) is 2.74. The molecule has 0 saturated heterocycles. The van der Waals surface area contributed by atoms with Gasteiger partial charge in [0.2, 0.25) is 0 Å². The van der Waals surface area contributed by atoms with Gasteiger partial charge in [0, 0.05) is 28.7 Å². The summed E-state index contributed by atoms with van der Waals surface area (Å²) in [4.78, 5) is 15.0. The molecule has 0 aromatic heterocycles. The van der Waals surface area contributed by atoms with E-state index in [-0.39, 0.29) is 11.9 Å². The average Bonchev–Trinajstić information content (AvgIpc) is 3.46. The topological polar surface area (TPSA) is 38.8 Å². The van der Waals surface area contributed by atoms with Crippen molar-refractivity contribution in [3.05, 3.63) is 57.0 Å². The second-order valence-corrected chi connectivity index (χ2v) is 7.29. The van der Waals surface area contributed by atoms with Crippen LogP contribution in [0, 0.1) is 0 Å². The molecule has 0 N–H and O–H groups in total. The minimum Gasteiger partial charge on any atom is -0.497 e. The number of halogens is 2. The first-order chi connectivity index (χ1) is 12.0. The molecule has 0 radical (unpaired) electrons. The molecule has 0 atom stereocenters. The maximum absolute atomic E-state index is 13.1. The summed E-state index contributed by atoms with van der Waals surface area (Å²) in [5.74, 6) is 1.37. The van der Waals surface area contributed by atoms with Crippen LogP contribution in [0.4, 0.5) is 0 Å². The number of carbonyl (C=O) groups excluding carboxylic acids is 1. The molecule has 1 fully saturated rings. The number of hydrogen-bond acceptors (Lipinski definition) is 3. The first kappa shape index (κ1) is 18.1. The molecule has 2 aromatic carbocycles. The molecule has 1 saturated carbocycles. The highest BCUT2D eigenvalue weighted by molar-refractivity contribution is 9.10. The van der Waals surface area contributed by atoms with E-state index < -0.39 is 0 Å². The van der Waals surface area contributed by atoms with Gasteiger partial charge in [-0.1, -0.05) is 27.5 Å². The van der Waals surface area contributed by atoms with Crippen molar-refractivity contribution < 1.29 is 14.3 Å². The molecule has 1 aliphatic rings. The molecule has 0 bridgehead atoms. The summed E-state index contributed by atoms with van der Waals surface area (Å²) in [7, 11) is 3.23. The Morgan fingerprint density at radius 3 is 2.60 bits per heavy atom. The highest BCUT2D eigenvalue weighted by Crippen LogP contribution is 2.34. The number of carbonyl (C=O) groups is 1. The van der Waals surface area contributed by atoms with Crippen LogP contribution >= 0.6 is 27.5 Å². The first-order valence-electron chi connectivity index (χ1n) is 8.00. The van der Waals surface area contributed by atoms with Crippen LogP contribution in [0.1, 0.15) is 28.8 Å². The van der Waals surface area contributed by atoms with Gasteiger partial charge in [-0.25, -0.2) is 0 Å². The SMILES string of the molecule is COc1ccc(CN(C(=O)c2cc(Br)ccc2Cl)C2CC2)c(OC)c1. The van der Waals surface area contributed by atoms with Gasteiger partial charge < -0.3 is 14.4 Å². The Kier molecular flexibility index (Phi) is 5.54. The van der Waals surface area contributed by atoms with Gasteiger partial charge >= 0.3 is 0 Å². The van der Waals surface area contributed by atoms with Gasteiger partial charge in [0.25, 0.3) is 5.91 Å². The number of ether oxygens (including phenoxy) is 2. The van der Waals surface area contributed by atoms with E-state index in [9.17, 15) is 4.79 Å². The molecule has 1 aliphatic carbocycles. The lowest BCUT2D eigenvalue weighted by atomic mass is 10.1. The highest BCUT2D eigenvalue weighted by Gasteiger charge is 2.34. The van der Waals surface area contributed by atoms with E-state index in [4.69, 9.17) is 21.1 Å². The van der Waals surface area contributed by atoms with Crippen molar-refractivity contribution in [2.24, 2.45) is 0 Å². The summed E-state index contributed by atoms with van der Waals surface area (Å²) < 4.78 is 11.5. The van der Waals surface area contributed by atoms with Crippen molar-refractivity contribution >= 4 is 33.4 Å². The van der Waals surface area contributed by atoms with Crippen LogP contribution in [-0.2, 0) is 6.54 Å². The van der Waals surface area contributed by atoms with Gasteiger partial charge in [-0.2, -0.15) is 0 Å². The third-order valence-electron chi connectivity index (χ3n) is 4.24. The molecule has 2 aromatic rings. The Labute approximate surface area is 160 Å². The first-order valence-corrected chi connectivity index (χ1v) is 9.17. The average molecular weight is 425 g/mol. The fourth-order valence-corrected chi connectivity index (χ4v) is 3.29. The Balaban J connectivity index is 1.90. The summed E-state index contributed by atoms with van der Waals surface area (Å²) in [6, 6.07) is 11.2. The lowest BCUT2D eigenvalue weighted by Gasteiger charge is -2.24. The van der Waals surface area contributed by atoms with Gasteiger partial charge in [-0.05, 0) is 43.2 Å². The number of hydrogen-bond donors (Lipinski definition) is 0. The maximum atomic E-state index is 13.1. The van der Waals surface area contributed by atoms with Crippen LogP contribution in [0.5, 0.6) is 11.5 Å². The highest BCUT2D eigenvalue weighted by atomic mass is 79.9. The van der Waals surface area contributed by atoms with Crippen LogP contribution in [-0.4, -0.2) is 31.1 Å². The lowest BCUT2D eigenvalue weighted by Crippen LogP contribution is -2.33. The van der Waals surface area contributed by atoms with Gasteiger partial charge in [-0.15, -0.1) is 0 Å².